The summed E-state index contributed by atoms with van der Waals surface area (Å²) in [7, 11) is 0. The molecule has 0 saturated carbocycles. The fraction of sp³-hybridized carbons (Fsp3) is 0.263. The summed E-state index contributed by atoms with van der Waals surface area (Å²) in [5.41, 5.74) is 2.39. The molecule has 0 radical (unpaired) electrons. The molecule has 0 fully saturated rings. The molecule has 2 aromatic rings. The lowest BCUT2D eigenvalue weighted by Gasteiger charge is -2.30. The number of hydrogen-bond donors (Lipinski definition) is 1. The third-order valence-corrected chi connectivity index (χ3v) is 4.75. The fourth-order valence-corrected chi connectivity index (χ4v) is 3.25. The largest absolute Gasteiger partial charge is 0.507 e. The third kappa shape index (κ3) is 3.85. The number of esters is 1. The van der Waals surface area contributed by atoms with Crippen LogP contribution in [0.25, 0.3) is 0 Å². The van der Waals surface area contributed by atoms with Gasteiger partial charge < -0.3 is 14.7 Å². The van der Waals surface area contributed by atoms with E-state index in [0.29, 0.717) is 17.6 Å². The Labute approximate surface area is 154 Å². The van der Waals surface area contributed by atoms with Gasteiger partial charge in [-0.1, -0.05) is 40.2 Å². The lowest BCUT2D eigenvalue weighted by atomic mass is 9.99. The van der Waals surface area contributed by atoms with Crippen LogP contribution in [0.2, 0.25) is 0 Å². The van der Waals surface area contributed by atoms with Gasteiger partial charge in [0.05, 0.1) is 0 Å². The monoisotopic (exact) mass is 403 g/mol. The maximum absolute atomic E-state index is 12.6. The van der Waals surface area contributed by atoms with E-state index in [1.807, 2.05) is 18.2 Å². The predicted molar refractivity (Wildman–Crippen MR) is 96.2 cm³/mol. The molecule has 130 valence electrons. The molecule has 6 heteroatoms. The molecule has 25 heavy (non-hydrogen) atoms. The first-order valence-corrected chi connectivity index (χ1v) is 8.80. The molecule has 1 amide bonds. The van der Waals surface area contributed by atoms with Crippen molar-refractivity contribution in [1.29, 1.82) is 0 Å². The highest BCUT2D eigenvalue weighted by molar-refractivity contribution is 9.10. The van der Waals surface area contributed by atoms with Crippen molar-refractivity contribution in [2.45, 2.75) is 26.0 Å². The summed E-state index contributed by atoms with van der Waals surface area (Å²) in [5, 5.41) is 9.80. The summed E-state index contributed by atoms with van der Waals surface area (Å²) < 4.78 is 5.91. The Kier molecular flexibility index (Phi) is 5.08. The second-order valence-electron chi connectivity index (χ2n) is 5.99. The molecule has 0 spiro atoms. The van der Waals surface area contributed by atoms with Crippen LogP contribution in [-0.2, 0) is 22.5 Å². The summed E-state index contributed by atoms with van der Waals surface area (Å²) in [5.74, 6) is -1.14. The number of amides is 1. The first kappa shape index (κ1) is 17.5. The lowest BCUT2D eigenvalue weighted by Crippen LogP contribution is -2.42. The number of phenols is 1. The number of rotatable bonds is 3. The van der Waals surface area contributed by atoms with Crippen LogP contribution in [0.1, 0.15) is 28.4 Å². The normalized spacial score (nSPS) is 14.6. The SMILES string of the molecule is C[C@@H](OC(=O)c1cc(Br)ccc1O)C(=O)N1CCc2ccccc2C1. The number of carbonyl (C=O) groups is 2. The van der Waals surface area contributed by atoms with Gasteiger partial charge >= 0.3 is 5.97 Å². The van der Waals surface area contributed by atoms with Gasteiger partial charge in [0, 0.05) is 17.6 Å². The first-order chi connectivity index (χ1) is 12.0. The van der Waals surface area contributed by atoms with E-state index in [0.717, 1.165) is 12.0 Å². The molecule has 0 aliphatic carbocycles. The highest BCUT2D eigenvalue weighted by Gasteiger charge is 2.27. The van der Waals surface area contributed by atoms with Crippen LogP contribution in [0.3, 0.4) is 0 Å². The van der Waals surface area contributed by atoms with E-state index in [2.05, 4.69) is 22.0 Å². The van der Waals surface area contributed by atoms with Crippen LogP contribution >= 0.6 is 15.9 Å². The van der Waals surface area contributed by atoms with E-state index in [1.54, 1.807) is 17.9 Å². The standard InChI is InChI=1S/C19H18BrNO4/c1-12(25-19(24)16-10-15(20)6-7-17(16)22)18(23)21-9-8-13-4-2-3-5-14(13)11-21/h2-7,10,12,22H,8-9,11H2,1H3/t12-/m1/s1. The van der Waals surface area contributed by atoms with Crippen LogP contribution in [0.5, 0.6) is 5.75 Å². The molecule has 1 aliphatic rings. The van der Waals surface area contributed by atoms with Gasteiger partial charge in [-0.25, -0.2) is 4.79 Å². The molecule has 3 rings (SSSR count). The molecule has 0 unspecified atom stereocenters. The Morgan fingerprint density at radius 2 is 1.92 bits per heavy atom. The highest BCUT2D eigenvalue weighted by atomic mass is 79.9. The van der Waals surface area contributed by atoms with Crippen molar-refractivity contribution in [3.63, 3.8) is 0 Å². The van der Waals surface area contributed by atoms with Crippen molar-refractivity contribution in [2.24, 2.45) is 0 Å². The van der Waals surface area contributed by atoms with Crippen molar-refractivity contribution in [3.8, 4) is 5.75 Å². The Bertz CT molecular complexity index is 821. The second kappa shape index (κ2) is 7.27. The van der Waals surface area contributed by atoms with Crippen molar-refractivity contribution >= 4 is 27.8 Å². The molecule has 1 heterocycles. The van der Waals surface area contributed by atoms with Gasteiger partial charge in [-0.3, -0.25) is 4.79 Å². The van der Waals surface area contributed by atoms with Gasteiger partial charge in [0.15, 0.2) is 6.10 Å². The summed E-state index contributed by atoms with van der Waals surface area (Å²) in [4.78, 5) is 26.5. The zero-order chi connectivity index (χ0) is 18.0. The minimum atomic E-state index is -0.920. The summed E-state index contributed by atoms with van der Waals surface area (Å²) in [6.07, 6.45) is -0.134. The summed E-state index contributed by atoms with van der Waals surface area (Å²) in [6.45, 7) is 2.66. The lowest BCUT2D eigenvalue weighted by molar-refractivity contribution is -0.140. The minimum Gasteiger partial charge on any atom is -0.507 e. The zero-order valence-corrected chi connectivity index (χ0v) is 15.3. The number of ether oxygens (including phenoxy) is 1. The van der Waals surface area contributed by atoms with E-state index in [9.17, 15) is 14.7 Å². The number of halogens is 1. The molecule has 1 N–H and O–H groups in total. The van der Waals surface area contributed by atoms with E-state index >= 15 is 0 Å². The number of phenolic OH excluding ortho intramolecular Hbond substituents is 1. The Morgan fingerprint density at radius 3 is 2.68 bits per heavy atom. The maximum Gasteiger partial charge on any atom is 0.342 e. The van der Waals surface area contributed by atoms with Gasteiger partial charge in [-0.15, -0.1) is 0 Å². The number of aromatic hydroxyl groups is 1. The zero-order valence-electron chi connectivity index (χ0n) is 13.7. The van der Waals surface area contributed by atoms with Crippen LogP contribution in [0.4, 0.5) is 0 Å². The van der Waals surface area contributed by atoms with E-state index in [4.69, 9.17) is 4.74 Å². The number of hydrogen-bond acceptors (Lipinski definition) is 4. The molecule has 1 aliphatic heterocycles. The van der Waals surface area contributed by atoms with Crippen LogP contribution in [0, 0.1) is 0 Å². The van der Waals surface area contributed by atoms with E-state index < -0.39 is 12.1 Å². The molecular weight excluding hydrogens is 386 g/mol. The second-order valence-corrected chi connectivity index (χ2v) is 6.90. The predicted octanol–water partition coefficient (Wildman–Crippen LogP) is 3.28. The number of fused-ring (bicyclic) bond motifs is 1. The number of nitrogens with zero attached hydrogens (tertiary/aromatic N) is 1. The van der Waals surface area contributed by atoms with Crippen molar-refractivity contribution in [1.82, 2.24) is 4.90 Å². The first-order valence-electron chi connectivity index (χ1n) is 8.01. The van der Waals surface area contributed by atoms with Gasteiger partial charge in [0.1, 0.15) is 11.3 Å². The quantitative estimate of drug-likeness (QED) is 0.798. The number of benzene rings is 2. The summed E-state index contributed by atoms with van der Waals surface area (Å²) >= 11 is 3.24. The average Bonchev–Trinajstić information content (AvgIpc) is 2.62. The maximum atomic E-state index is 12.6. The number of carbonyl (C=O) groups excluding carboxylic acids is 2. The Hall–Kier alpha value is -2.34. The van der Waals surface area contributed by atoms with Gasteiger partial charge in [-0.2, -0.15) is 0 Å². The van der Waals surface area contributed by atoms with E-state index in [1.165, 1.54) is 17.7 Å². The van der Waals surface area contributed by atoms with Crippen molar-refractivity contribution in [3.05, 3.63) is 63.6 Å². The van der Waals surface area contributed by atoms with Crippen molar-refractivity contribution < 1.29 is 19.4 Å². The topological polar surface area (TPSA) is 66.8 Å². The van der Waals surface area contributed by atoms with Crippen molar-refractivity contribution in [2.75, 3.05) is 6.54 Å². The van der Waals surface area contributed by atoms with Gasteiger partial charge in [0.2, 0.25) is 0 Å². The fourth-order valence-electron chi connectivity index (χ4n) is 2.89. The molecule has 0 bridgehead atoms. The molecule has 5 nitrogen and oxygen atoms in total. The van der Waals surface area contributed by atoms with Crippen LogP contribution in [-0.4, -0.2) is 34.5 Å². The molecule has 0 saturated heterocycles. The Morgan fingerprint density at radius 1 is 1.20 bits per heavy atom. The van der Waals surface area contributed by atoms with Crippen LogP contribution in [0.15, 0.2) is 46.9 Å². The average molecular weight is 404 g/mol. The Balaban J connectivity index is 1.67. The van der Waals surface area contributed by atoms with Crippen LogP contribution < -0.4 is 0 Å². The molecule has 0 aromatic heterocycles. The minimum absolute atomic E-state index is 0.0259. The summed E-state index contributed by atoms with van der Waals surface area (Å²) in [6, 6.07) is 12.5. The van der Waals surface area contributed by atoms with Gasteiger partial charge in [-0.05, 0) is 42.7 Å². The highest BCUT2D eigenvalue weighted by Crippen LogP contribution is 2.24. The van der Waals surface area contributed by atoms with E-state index in [-0.39, 0.29) is 17.2 Å². The third-order valence-electron chi connectivity index (χ3n) is 4.25. The molecule has 1 atom stereocenters. The molecule has 2 aromatic carbocycles. The molecular formula is C19H18BrNO4. The smallest absolute Gasteiger partial charge is 0.342 e. The van der Waals surface area contributed by atoms with Gasteiger partial charge in [0.25, 0.3) is 5.91 Å².